The van der Waals surface area contributed by atoms with E-state index in [1.807, 2.05) is 27.7 Å². The van der Waals surface area contributed by atoms with Gasteiger partial charge in [0, 0.05) is 0 Å². The summed E-state index contributed by atoms with van der Waals surface area (Å²) in [5.41, 5.74) is -1.41. The van der Waals surface area contributed by atoms with Crippen molar-refractivity contribution in [3.63, 3.8) is 0 Å². The molecule has 1 fully saturated rings. The molecule has 1 saturated heterocycles. The third kappa shape index (κ3) is 2.95. The van der Waals surface area contributed by atoms with Crippen molar-refractivity contribution in [2.75, 3.05) is 7.11 Å². The number of ether oxygens (including phenoxy) is 1. The van der Waals surface area contributed by atoms with Gasteiger partial charge in [-0.2, -0.15) is 0 Å². The number of hydrogen-bond acceptors (Lipinski definition) is 4. The number of rotatable bonds is 3. The molecular formula is C13H23BO4. The molecule has 1 aliphatic heterocycles. The van der Waals surface area contributed by atoms with Gasteiger partial charge in [-0.3, -0.25) is 4.79 Å². The number of hydrogen-bond donors (Lipinski definition) is 0. The minimum atomic E-state index is -0.682. The fourth-order valence-electron chi connectivity index (χ4n) is 1.62. The largest absolute Gasteiger partial charge is 0.486 e. The van der Waals surface area contributed by atoms with Crippen LogP contribution in [-0.4, -0.2) is 31.4 Å². The zero-order chi connectivity index (χ0) is 14.2. The summed E-state index contributed by atoms with van der Waals surface area (Å²) in [5.74, 6) is 1.49. The Morgan fingerprint density at radius 1 is 1.17 bits per heavy atom. The molecule has 102 valence electrons. The minimum Gasteiger partial charge on any atom is -0.468 e. The van der Waals surface area contributed by atoms with E-state index >= 15 is 0 Å². The highest BCUT2D eigenvalue weighted by molar-refractivity contribution is 6.51. The van der Waals surface area contributed by atoms with Crippen molar-refractivity contribution < 1.29 is 18.8 Å². The molecule has 0 N–H and O–H groups in total. The fraction of sp³-hybridized carbons (Fsp3) is 0.769. The fourth-order valence-corrected chi connectivity index (χ4v) is 1.62. The molecule has 0 radical (unpaired) electrons. The lowest BCUT2D eigenvalue weighted by atomic mass is 9.83. The van der Waals surface area contributed by atoms with Crippen molar-refractivity contribution >= 4 is 13.1 Å². The van der Waals surface area contributed by atoms with Crippen molar-refractivity contribution in [2.24, 2.45) is 5.41 Å². The lowest BCUT2D eigenvalue weighted by Crippen LogP contribution is -2.41. The Hall–Kier alpha value is -0.805. The highest BCUT2D eigenvalue weighted by atomic mass is 16.7. The van der Waals surface area contributed by atoms with Gasteiger partial charge in [-0.25, -0.2) is 0 Å². The molecule has 0 aromatic heterocycles. The Kier molecular flexibility index (Phi) is 3.99. The summed E-state index contributed by atoms with van der Waals surface area (Å²) < 4.78 is 16.4. The normalized spacial score (nSPS) is 22.5. The van der Waals surface area contributed by atoms with E-state index in [4.69, 9.17) is 14.0 Å². The summed E-state index contributed by atoms with van der Waals surface area (Å²) >= 11 is 0. The Morgan fingerprint density at radius 2 is 1.61 bits per heavy atom. The highest BCUT2D eigenvalue weighted by Gasteiger charge is 2.50. The maximum Gasteiger partial charge on any atom is 0.486 e. The average molecular weight is 254 g/mol. The summed E-state index contributed by atoms with van der Waals surface area (Å²) in [7, 11) is 0.950. The maximum atomic E-state index is 11.5. The zero-order valence-electron chi connectivity index (χ0n) is 12.4. The molecule has 1 aliphatic rings. The first-order valence-electron chi connectivity index (χ1n) is 6.15. The first-order chi connectivity index (χ1) is 8.02. The average Bonchev–Trinajstić information content (AvgIpc) is 2.44. The van der Waals surface area contributed by atoms with Gasteiger partial charge in [0.25, 0.3) is 0 Å². The summed E-state index contributed by atoms with van der Waals surface area (Å²) in [4.78, 5) is 11.5. The Bertz CT molecular complexity index is 342. The van der Waals surface area contributed by atoms with Crippen LogP contribution in [0.4, 0.5) is 0 Å². The molecule has 5 heteroatoms. The molecule has 0 amide bonds. The quantitative estimate of drug-likeness (QED) is 0.573. The van der Waals surface area contributed by atoms with Crippen LogP contribution in [0.15, 0.2) is 12.1 Å². The topological polar surface area (TPSA) is 44.8 Å². The number of esters is 1. The smallest absolute Gasteiger partial charge is 0.468 e. The molecular weight excluding hydrogens is 231 g/mol. The van der Waals surface area contributed by atoms with Crippen LogP contribution < -0.4 is 0 Å². The SMILES string of the molecule is COC(=O)C(C)(C)/C=C/B1OC(C)(C)C(C)(C)O1. The second kappa shape index (κ2) is 4.70. The maximum absolute atomic E-state index is 11.5. The summed E-state index contributed by atoms with van der Waals surface area (Å²) in [6.07, 6.45) is 1.76. The molecule has 0 saturated carbocycles. The van der Waals surface area contributed by atoms with Gasteiger partial charge >= 0.3 is 13.1 Å². The van der Waals surface area contributed by atoms with Gasteiger partial charge in [0.15, 0.2) is 0 Å². The van der Waals surface area contributed by atoms with Gasteiger partial charge in [-0.05, 0) is 41.5 Å². The number of methoxy groups -OCH3 is 1. The molecule has 0 aromatic rings. The molecule has 4 nitrogen and oxygen atoms in total. The molecule has 1 rings (SSSR count). The third-order valence-electron chi connectivity index (χ3n) is 3.65. The van der Waals surface area contributed by atoms with Gasteiger partial charge in [0.1, 0.15) is 0 Å². The van der Waals surface area contributed by atoms with Crippen molar-refractivity contribution in [3.05, 3.63) is 12.1 Å². The Labute approximate surface area is 110 Å². The first kappa shape index (κ1) is 15.3. The van der Waals surface area contributed by atoms with Crippen LogP contribution in [0.5, 0.6) is 0 Å². The molecule has 18 heavy (non-hydrogen) atoms. The molecule has 0 aliphatic carbocycles. The zero-order valence-corrected chi connectivity index (χ0v) is 12.4. The lowest BCUT2D eigenvalue weighted by Gasteiger charge is -2.32. The Morgan fingerprint density at radius 3 is 2.00 bits per heavy atom. The summed E-state index contributed by atoms with van der Waals surface area (Å²) in [6, 6.07) is 0. The van der Waals surface area contributed by atoms with Crippen LogP contribution in [0.2, 0.25) is 0 Å². The van der Waals surface area contributed by atoms with E-state index in [0.29, 0.717) is 0 Å². The van der Waals surface area contributed by atoms with Crippen molar-refractivity contribution in [1.29, 1.82) is 0 Å². The van der Waals surface area contributed by atoms with Crippen molar-refractivity contribution in [2.45, 2.75) is 52.7 Å². The standard InChI is InChI=1S/C13H23BO4/c1-11(2,10(15)16-7)8-9-14-17-12(3,4)13(5,6)18-14/h8-9H,1-7H3/b9-8+. The summed E-state index contributed by atoms with van der Waals surface area (Å²) in [5, 5.41) is 0. The van der Waals surface area contributed by atoms with E-state index in [-0.39, 0.29) is 17.2 Å². The van der Waals surface area contributed by atoms with E-state index in [1.54, 1.807) is 25.9 Å². The van der Waals surface area contributed by atoms with Gasteiger partial charge < -0.3 is 14.0 Å². The number of carbonyl (C=O) groups is 1. The lowest BCUT2D eigenvalue weighted by molar-refractivity contribution is -0.148. The van der Waals surface area contributed by atoms with E-state index < -0.39 is 12.5 Å². The Balaban J connectivity index is 2.74. The second-order valence-corrected chi connectivity index (χ2v) is 6.20. The van der Waals surface area contributed by atoms with Crippen LogP contribution >= 0.6 is 0 Å². The van der Waals surface area contributed by atoms with Crippen molar-refractivity contribution in [3.8, 4) is 0 Å². The van der Waals surface area contributed by atoms with Gasteiger partial charge in [-0.15, -0.1) is 0 Å². The molecule has 0 aromatic carbocycles. The third-order valence-corrected chi connectivity index (χ3v) is 3.65. The molecule has 1 heterocycles. The van der Waals surface area contributed by atoms with E-state index in [2.05, 4.69) is 0 Å². The predicted octanol–water partition coefficient (Wildman–Crippen LogP) is 2.37. The van der Waals surface area contributed by atoms with Crippen LogP contribution in [0, 0.1) is 5.41 Å². The number of carbonyl (C=O) groups excluding carboxylic acids is 1. The van der Waals surface area contributed by atoms with Gasteiger partial charge in [0.05, 0.1) is 23.7 Å². The molecule has 0 atom stereocenters. The van der Waals surface area contributed by atoms with Crippen LogP contribution in [0.3, 0.4) is 0 Å². The minimum absolute atomic E-state index is 0.282. The van der Waals surface area contributed by atoms with Crippen molar-refractivity contribution in [1.82, 2.24) is 0 Å². The second-order valence-electron chi connectivity index (χ2n) is 6.20. The highest BCUT2D eigenvalue weighted by Crippen LogP contribution is 2.37. The van der Waals surface area contributed by atoms with Crippen LogP contribution in [-0.2, 0) is 18.8 Å². The molecule has 0 unspecified atom stereocenters. The monoisotopic (exact) mass is 254 g/mol. The first-order valence-corrected chi connectivity index (χ1v) is 6.15. The van der Waals surface area contributed by atoms with Crippen LogP contribution in [0.1, 0.15) is 41.5 Å². The van der Waals surface area contributed by atoms with Gasteiger partial charge in [-0.1, -0.05) is 12.1 Å². The van der Waals surface area contributed by atoms with E-state index in [0.717, 1.165) is 0 Å². The van der Waals surface area contributed by atoms with Crippen LogP contribution in [0.25, 0.3) is 0 Å². The molecule has 0 spiro atoms. The van der Waals surface area contributed by atoms with E-state index in [9.17, 15) is 4.79 Å². The predicted molar refractivity (Wildman–Crippen MR) is 71.0 cm³/mol. The van der Waals surface area contributed by atoms with E-state index in [1.165, 1.54) is 7.11 Å². The molecule has 0 bridgehead atoms. The summed E-state index contributed by atoms with van der Waals surface area (Å²) in [6.45, 7) is 11.6. The van der Waals surface area contributed by atoms with Gasteiger partial charge in [0.2, 0.25) is 0 Å².